The van der Waals surface area contributed by atoms with Gasteiger partial charge >= 0.3 is 39.5 Å². The van der Waals surface area contributed by atoms with Gasteiger partial charge in [0.25, 0.3) is 0 Å². The molecule has 0 heterocycles. The summed E-state index contributed by atoms with van der Waals surface area (Å²) in [5, 5.41) is 10.7. The SMILES string of the molecule is CC/C=C\C/C=C\C/C=C\C/C=C\C/C=C\CCCCCC(=O)OCC(COP(=O)(O)OCC(O)COP(=O)(O)OCC(COC(=O)CCCCCCC/C=C\CCCCCCCC)OC(=O)CCCCCCC/C=C\C/C=C\CCC)OC(=O)CCCCCCCC/C=C\C/C=C\C/C=C\CCCCC. The van der Waals surface area contributed by atoms with Gasteiger partial charge in [-0.3, -0.25) is 37.3 Å². The summed E-state index contributed by atoms with van der Waals surface area (Å²) < 4.78 is 68.7. The normalized spacial score (nSPS) is 14.5. The first kappa shape index (κ1) is 101. The van der Waals surface area contributed by atoms with E-state index in [1.807, 2.05) is 0 Å². The van der Waals surface area contributed by atoms with Gasteiger partial charge in [-0.15, -0.1) is 0 Å². The lowest BCUT2D eigenvalue weighted by Gasteiger charge is -2.21. The second-order valence-electron chi connectivity index (χ2n) is 27.3. The minimum absolute atomic E-state index is 0.0691. The topological polar surface area (TPSA) is 237 Å². The second kappa shape index (κ2) is 78.3. The minimum Gasteiger partial charge on any atom is -0.462 e. The fourth-order valence-corrected chi connectivity index (χ4v) is 12.3. The largest absolute Gasteiger partial charge is 0.472 e. The summed E-state index contributed by atoms with van der Waals surface area (Å²) in [5.74, 6) is -2.24. The molecule has 19 heteroatoms. The Morgan fingerprint density at radius 3 is 0.830 bits per heavy atom. The predicted molar refractivity (Wildman–Crippen MR) is 436 cm³/mol. The molecule has 5 atom stereocenters. The smallest absolute Gasteiger partial charge is 0.462 e. The number of allylic oxidation sites excluding steroid dienone is 22. The molecule has 0 radical (unpaired) electrons. The van der Waals surface area contributed by atoms with Gasteiger partial charge in [0.05, 0.1) is 26.4 Å². The van der Waals surface area contributed by atoms with E-state index in [0.29, 0.717) is 25.7 Å². The Morgan fingerprint density at radius 2 is 0.509 bits per heavy atom. The van der Waals surface area contributed by atoms with E-state index in [4.69, 9.17) is 37.0 Å². The van der Waals surface area contributed by atoms with Crippen molar-refractivity contribution in [3.8, 4) is 0 Å². The van der Waals surface area contributed by atoms with Crippen LogP contribution in [0.1, 0.15) is 336 Å². The Hall–Kier alpha value is -4.80. The summed E-state index contributed by atoms with van der Waals surface area (Å²) in [6, 6.07) is 0. The van der Waals surface area contributed by atoms with Crippen molar-refractivity contribution in [3.63, 3.8) is 0 Å². The number of hydrogen-bond donors (Lipinski definition) is 3. The van der Waals surface area contributed by atoms with Crippen molar-refractivity contribution >= 4 is 39.5 Å². The highest BCUT2D eigenvalue weighted by Crippen LogP contribution is 2.45. The highest BCUT2D eigenvalue weighted by atomic mass is 31.2. The first-order valence-electron chi connectivity index (χ1n) is 41.4. The number of ether oxygens (including phenoxy) is 4. The van der Waals surface area contributed by atoms with Crippen LogP contribution in [0.2, 0.25) is 0 Å². The maximum atomic E-state index is 13.1. The lowest BCUT2D eigenvalue weighted by atomic mass is 10.1. The van der Waals surface area contributed by atoms with Gasteiger partial charge in [0, 0.05) is 25.7 Å². The van der Waals surface area contributed by atoms with Gasteiger partial charge in [-0.05, 0) is 161 Å². The number of aliphatic hydroxyl groups excluding tert-OH is 1. The van der Waals surface area contributed by atoms with Crippen LogP contribution in [0.15, 0.2) is 134 Å². The van der Waals surface area contributed by atoms with Crippen molar-refractivity contribution < 1.29 is 80.2 Å². The molecule has 0 spiro atoms. The molecular weight excluding hydrogens is 1380 g/mol. The van der Waals surface area contributed by atoms with Gasteiger partial charge in [0.15, 0.2) is 12.2 Å². The summed E-state index contributed by atoms with van der Waals surface area (Å²) in [6.07, 6.45) is 88.5. The van der Waals surface area contributed by atoms with Crippen LogP contribution < -0.4 is 0 Å². The number of aliphatic hydroxyl groups is 1. The lowest BCUT2D eigenvalue weighted by molar-refractivity contribution is -0.161. The Kier molecular flexibility index (Phi) is 74.8. The van der Waals surface area contributed by atoms with Crippen molar-refractivity contribution in [2.75, 3.05) is 39.6 Å². The van der Waals surface area contributed by atoms with Gasteiger partial charge in [-0.1, -0.05) is 283 Å². The molecule has 0 aliphatic heterocycles. The highest BCUT2D eigenvalue weighted by molar-refractivity contribution is 7.47. The molecule has 0 aromatic heterocycles. The predicted octanol–water partition coefficient (Wildman–Crippen LogP) is 24.4. The number of unbranched alkanes of at least 4 members (excludes halogenated alkanes) is 29. The molecule has 0 fully saturated rings. The number of hydrogen-bond acceptors (Lipinski definition) is 15. The van der Waals surface area contributed by atoms with Gasteiger partial charge in [-0.25, -0.2) is 9.13 Å². The summed E-state index contributed by atoms with van der Waals surface area (Å²) >= 11 is 0. The maximum Gasteiger partial charge on any atom is 0.472 e. The fraction of sp³-hybridized carbons (Fsp3) is 0.701. The van der Waals surface area contributed by atoms with Crippen LogP contribution in [0.5, 0.6) is 0 Å². The number of phosphoric ester groups is 2. The molecule has 0 aromatic rings. The molecule has 0 amide bonds. The molecule has 106 heavy (non-hydrogen) atoms. The molecule has 3 N–H and O–H groups in total. The van der Waals surface area contributed by atoms with Crippen molar-refractivity contribution in [3.05, 3.63) is 134 Å². The molecule has 0 aliphatic carbocycles. The Morgan fingerprint density at radius 1 is 0.274 bits per heavy atom. The molecule has 5 unspecified atom stereocenters. The zero-order valence-corrected chi connectivity index (χ0v) is 68.4. The van der Waals surface area contributed by atoms with Crippen molar-refractivity contribution in [2.24, 2.45) is 0 Å². The molecule has 608 valence electrons. The van der Waals surface area contributed by atoms with E-state index in [1.54, 1.807) is 0 Å². The van der Waals surface area contributed by atoms with Crippen LogP contribution in [0.4, 0.5) is 0 Å². The van der Waals surface area contributed by atoms with Crippen LogP contribution in [0.3, 0.4) is 0 Å². The molecule has 0 aliphatic rings. The number of rotatable bonds is 77. The van der Waals surface area contributed by atoms with Gasteiger partial charge in [-0.2, -0.15) is 0 Å². The quantitative estimate of drug-likeness (QED) is 0.0169. The highest BCUT2D eigenvalue weighted by Gasteiger charge is 2.30. The number of carbonyl (C=O) groups is 4. The third-order valence-corrected chi connectivity index (χ3v) is 19.0. The van der Waals surface area contributed by atoms with Gasteiger partial charge < -0.3 is 33.8 Å². The summed E-state index contributed by atoms with van der Waals surface area (Å²) in [4.78, 5) is 73.1. The Labute approximate surface area is 644 Å². The van der Waals surface area contributed by atoms with E-state index in [-0.39, 0.29) is 25.7 Å². The average molecular weight is 1530 g/mol. The second-order valence-corrected chi connectivity index (χ2v) is 30.2. The first-order chi connectivity index (χ1) is 51.7. The van der Waals surface area contributed by atoms with E-state index in [9.17, 15) is 43.2 Å². The maximum absolute atomic E-state index is 13.1. The number of phosphoric acid groups is 2. The number of esters is 4. The van der Waals surface area contributed by atoms with Crippen molar-refractivity contribution in [2.45, 2.75) is 354 Å². The van der Waals surface area contributed by atoms with Crippen molar-refractivity contribution in [1.29, 1.82) is 0 Å². The molecule has 0 saturated carbocycles. The molecule has 0 saturated heterocycles. The van der Waals surface area contributed by atoms with E-state index in [1.165, 1.54) is 57.8 Å². The van der Waals surface area contributed by atoms with Crippen LogP contribution in [0.25, 0.3) is 0 Å². The lowest BCUT2D eigenvalue weighted by Crippen LogP contribution is -2.30. The van der Waals surface area contributed by atoms with E-state index in [0.717, 1.165) is 199 Å². The zero-order chi connectivity index (χ0) is 77.4. The fourth-order valence-electron chi connectivity index (χ4n) is 10.8. The van der Waals surface area contributed by atoms with E-state index < -0.39 is 97.5 Å². The Bertz CT molecular complexity index is 2530. The molecule has 0 rings (SSSR count). The van der Waals surface area contributed by atoms with Crippen LogP contribution >= 0.6 is 15.6 Å². The molecule has 0 aromatic carbocycles. The van der Waals surface area contributed by atoms with E-state index in [2.05, 4.69) is 161 Å². The summed E-state index contributed by atoms with van der Waals surface area (Å²) in [7, 11) is -9.98. The zero-order valence-electron chi connectivity index (χ0n) is 66.6. The van der Waals surface area contributed by atoms with Crippen LogP contribution in [-0.4, -0.2) is 96.7 Å². The average Bonchev–Trinajstić information content (AvgIpc) is 0.903. The Balaban J connectivity index is 5.42. The minimum atomic E-state index is -5.00. The molecule has 17 nitrogen and oxygen atoms in total. The van der Waals surface area contributed by atoms with Crippen LogP contribution in [0, 0.1) is 0 Å². The monoisotopic (exact) mass is 1530 g/mol. The van der Waals surface area contributed by atoms with Crippen LogP contribution in [-0.2, 0) is 65.4 Å². The first-order valence-corrected chi connectivity index (χ1v) is 44.4. The third kappa shape index (κ3) is 77.4. The van der Waals surface area contributed by atoms with Crippen molar-refractivity contribution in [1.82, 2.24) is 0 Å². The van der Waals surface area contributed by atoms with Gasteiger partial charge in [0.2, 0.25) is 0 Å². The summed E-state index contributed by atoms with van der Waals surface area (Å²) in [6.45, 7) is 4.61. The standard InChI is InChI=1S/C87H148O17P2/c1-5-9-13-17-21-25-29-33-36-38-40-42-45-49-52-56-60-64-68-72-85(90)98-78-83(104-87(92)74-70-66-62-58-54-50-46-43-41-39-37-34-30-26-22-18-14-10-6-2)80-102-106(95,96)100-76-81(88)75-99-105(93,94)101-79-82(103-86(91)73-69-65-61-57-53-47-32-28-24-20-16-12-8-4)77-97-84(89)71-67-63-59-55-51-48-44-35-31-27-23-19-15-11-7-3/h9,13,16,20-22,25-26,28,32-37,40-44,49,52,81-83,88H,5-8,10-12,14-15,17-19,23-24,27,29-31,38-39,45-48,50-51,53-80H2,1-4H3,(H,93,94)(H,95,96)/b13-9-,20-16-,25-21-,26-22-,32-28-,36-33-,37-34-,42-40-,43-41-,44-35-,52-49-. The summed E-state index contributed by atoms with van der Waals surface area (Å²) in [5.41, 5.74) is 0. The van der Waals surface area contributed by atoms with Gasteiger partial charge in [0.1, 0.15) is 19.3 Å². The molecule has 0 bridgehead atoms. The number of carbonyl (C=O) groups excluding carboxylic acids is 4. The van der Waals surface area contributed by atoms with E-state index >= 15 is 0 Å². The molecular formula is C87H148O17P2. The third-order valence-electron chi connectivity index (χ3n) is 17.0.